The summed E-state index contributed by atoms with van der Waals surface area (Å²) in [6.45, 7) is 11.0. The van der Waals surface area contributed by atoms with Crippen molar-refractivity contribution in [3.8, 4) is 0 Å². The van der Waals surface area contributed by atoms with Gasteiger partial charge in [-0.15, -0.1) is 0 Å². The van der Waals surface area contributed by atoms with E-state index >= 15 is 0 Å². The fourth-order valence-electron chi connectivity index (χ4n) is 12.0. The van der Waals surface area contributed by atoms with E-state index in [-0.39, 0.29) is 48.0 Å². The summed E-state index contributed by atoms with van der Waals surface area (Å²) >= 11 is 0. The van der Waals surface area contributed by atoms with Crippen molar-refractivity contribution >= 4 is 23.8 Å². The normalized spacial score (nSPS) is 38.2. The largest absolute Gasteiger partial charge is 0.368 e. The van der Waals surface area contributed by atoms with E-state index in [9.17, 15) is 19.2 Å². The van der Waals surface area contributed by atoms with E-state index in [1.165, 1.54) is 58.2 Å². The molecular weight excluding hydrogens is 711 g/mol. The zero-order valence-corrected chi connectivity index (χ0v) is 34.0. The predicted molar refractivity (Wildman–Crippen MR) is 214 cm³/mol. The highest BCUT2D eigenvalue weighted by atomic mass is 16.2. The standard InChI is InChI=1S/C41H71N11O4/c1-48-21-22-52(41(48)56)32-3-2-16-51(26-32)35-24-44-37(38(42)54)39(46-35)45-31-7-4-28(5-8-31)29-14-17-49(18-15-29)25-27-12-19-50(20-13-27)34-10-6-30(23-43-34)33-9-11-36(53)47-40(33)55/h27-35,37,39,43-46H,2-26H2,1H3,(H2,42,54)(H,47,53,55)/t28?,30?,31?,32-,33+,34?,35?,37?,39?/m1/s1. The fourth-order valence-corrected chi connectivity index (χ4v) is 12.0. The van der Waals surface area contributed by atoms with E-state index < -0.39 is 6.04 Å². The molecule has 5 unspecified atom stereocenters. The zero-order valence-electron chi connectivity index (χ0n) is 34.0. The Morgan fingerprint density at radius 2 is 1.50 bits per heavy atom. The lowest BCUT2D eigenvalue weighted by molar-refractivity contribution is -0.138. The Bertz CT molecular complexity index is 1370. The number of imide groups is 1. The van der Waals surface area contributed by atoms with Gasteiger partial charge in [0.1, 0.15) is 6.04 Å². The van der Waals surface area contributed by atoms with E-state index in [1.807, 2.05) is 11.9 Å². The third-order valence-corrected chi connectivity index (χ3v) is 15.5. The van der Waals surface area contributed by atoms with Gasteiger partial charge in [-0.25, -0.2) is 4.79 Å². The van der Waals surface area contributed by atoms with Crippen LogP contribution in [0.5, 0.6) is 0 Å². The van der Waals surface area contributed by atoms with Crippen LogP contribution in [0.15, 0.2) is 0 Å². The van der Waals surface area contributed by atoms with Crippen LogP contribution in [-0.4, -0.2) is 164 Å². The van der Waals surface area contributed by atoms with E-state index in [4.69, 9.17) is 5.73 Å². The molecule has 1 saturated carbocycles. The van der Waals surface area contributed by atoms with Crippen LogP contribution < -0.4 is 32.3 Å². The molecule has 7 atom stereocenters. The molecule has 5 amide bonds. The number of nitrogens with zero attached hydrogens (tertiary/aromatic N) is 5. The van der Waals surface area contributed by atoms with Crippen molar-refractivity contribution in [2.45, 2.75) is 127 Å². The lowest BCUT2D eigenvalue weighted by atomic mass is 9.74. The van der Waals surface area contributed by atoms with Gasteiger partial charge < -0.3 is 31.1 Å². The number of likely N-dealkylation sites (N-methyl/N-ethyl adjacent to an activating group) is 1. The summed E-state index contributed by atoms with van der Waals surface area (Å²) in [6.07, 6.45) is 15.7. The molecule has 1 aliphatic carbocycles. The maximum Gasteiger partial charge on any atom is 0.320 e. The average molecular weight is 782 g/mol. The Hall–Kier alpha value is -2.40. The number of amides is 5. The van der Waals surface area contributed by atoms with Crippen molar-refractivity contribution in [2.75, 3.05) is 79.0 Å². The lowest BCUT2D eigenvalue weighted by Crippen LogP contribution is -2.74. The molecule has 8 aliphatic rings. The summed E-state index contributed by atoms with van der Waals surface area (Å²) < 4.78 is 0. The maximum absolute atomic E-state index is 12.7. The molecule has 0 radical (unpaired) electrons. The van der Waals surface area contributed by atoms with E-state index in [0.29, 0.717) is 37.5 Å². The van der Waals surface area contributed by atoms with Crippen LogP contribution in [-0.2, 0) is 14.4 Å². The smallest absolute Gasteiger partial charge is 0.320 e. The summed E-state index contributed by atoms with van der Waals surface area (Å²) in [5.74, 6) is 2.22. The monoisotopic (exact) mass is 782 g/mol. The highest BCUT2D eigenvalue weighted by Gasteiger charge is 2.42. The second-order valence-corrected chi connectivity index (χ2v) is 18.9. The van der Waals surface area contributed by atoms with Gasteiger partial charge in [-0.05, 0) is 140 Å². The molecule has 0 spiro atoms. The lowest BCUT2D eigenvalue weighted by Gasteiger charge is -2.47. The van der Waals surface area contributed by atoms with Gasteiger partial charge >= 0.3 is 6.03 Å². The van der Waals surface area contributed by atoms with Gasteiger partial charge in [-0.1, -0.05) is 0 Å². The van der Waals surface area contributed by atoms with Crippen molar-refractivity contribution in [1.29, 1.82) is 0 Å². The minimum Gasteiger partial charge on any atom is -0.368 e. The first-order valence-corrected chi connectivity index (χ1v) is 22.5. The minimum atomic E-state index is -0.446. The van der Waals surface area contributed by atoms with E-state index in [1.54, 1.807) is 0 Å². The molecule has 0 bridgehead atoms. The molecule has 7 heterocycles. The summed E-state index contributed by atoms with van der Waals surface area (Å²) in [5.41, 5.74) is 5.91. The first-order valence-electron chi connectivity index (χ1n) is 22.5. The number of carbonyl (C=O) groups excluding carboxylic acids is 4. The van der Waals surface area contributed by atoms with Crippen LogP contribution in [0.3, 0.4) is 0 Å². The van der Waals surface area contributed by atoms with Crippen LogP contribution in [0, 0.1) is 29.6 Å². The van der Waals surface area contributed by atoms with Gasteiger partial charge in [0.15, 0.2) is 0 Å². The summed E-state index contributed by atoms with van der Waals surface area (Å²) in [5, 5.41) is 17.4. The molecule has 0 aromatic carbocycles. The van der Waals surface area contributed by atoms with Crippen molar-refractivity contribution in [1.82, 2.24) is 51.1 Å². The number of likely N-dealkylation sites (tertiary alicyclic amines) is 3. The first kappa shape index (κ1) is 40.4. The van der Waals surface area contributed by atoms with E-state index in [0.717, 1.165) is 102 Å². The number of rotatable bonds is 10. The first-order chi connectivity index (χ1) is 27.2. The minimum absolute atomic E-state index is 0.0199. The summed E-state index contributed by atoms with van der Waals surface area (Å²) in [4.78, 5) is 60.9. The zero-order chi connectivity index (χ0) is 38.8. The second-order valence-electron chi connectivity index (χ2n) is 18.9. The average Bonchev–Trinajstić information content (AvgIpc) is 3.56. The van der Waals surface area contributed by atoms with Crippen molar-refractivity contribution < 1.29 is 19.2 Å². The second kappa shape index (κ2) is 18.3. The van der Waals surface area contributed by atoms with Crippen LogP contribution in [0.4, 0.5) is 4.79 Å². The number of piperidine rings is 5. The number of primary amides is 1. The molecule has 314 valence electrons. The Morgan fingerprint density at radius 1 is 0.750 bits per heavy atom. The van der Waals surface area contributed by atoms with Crippen LogP contribution in [0.2, 0.25) is 0 Å². The van der Waals surface area contributed by atoms with Gasteiger partial charge in [0, 0.05) is 70.7 Å². The van der Waals surface area contributed by atoms with E-state index in [2.05, 4.69) is 46.2 Å². The molecular formula is C41H71N11O4. The van der Waals surface area contributed by atoms with Crippen LogP contribution >= 0.6 is 0 Å². The molecule has 7 saturated heterocycles. The number of piperazine rings is 1. The van der Waals surface area contributed by atoms with Crippen LogP contribution in [0.25, 0.3) is 0 Å². The quantitative estimate of drug-likeness (QED) is 0.171. The molecule has 7 aliphatic heterocycles. The summed E-state index contributed by atoms with van der Waals surface area (Å²) in [7, 11) is 1.89. The predicted octanol–water partition coefficient (Wildman–Crippen LogP) is 0.468. The van der Waals surface area contributed by atoms with Gasteiger partial charge in [0.05, 0.1) is 18.5 Å². The third-order valence-electron chi connectivity index (χ3n) is 15.5. The van der Waals surface area contributed by atoms with Gasteiger partial charge in [-0.3, -0.25) is 40.1 Å². The van der Waals surface area contributed by atoms with Crippen molar-refractivity contribution in [2.24, 2.45) is 35.3 Å². The number of nitrogens with one attached hydrogen (secondary N) is 5. The topological polar surface area (TPSA) is 171 Å². The Labute approximate surface area is 334 Å². The molecule has 15 heteroatoms. The molecule has 0 aromatic rings. The highest BCUT2D eigenvalue weighted by Crippen LogP contribution is 2.37. The third kappa shape index (κ3) is 9.39. The molecule has 7 N–H and O–H groups in total. The molecule has 15 nitrogen and oxygen atoms in total. The Morgan fingerprint density at radius 3 is 2.18 bits per heavy atom. The number of carbonyl (C=O) groups is 4. The van der Waals surface area contributed by atoms with Gasteiger partial charge in [0.2, 0.25) is 17.7 Å². The number of urea groups is 1. The molecule has 8 rings (SSSR count). The number of nitrogens with two attached hydrogens (primary N) is 1. The van der Waals surface area contributed by atoms with Crippen molar-refractivity contribution in [3.63, 3.8) is 0 Å². The molecule has 8 fully saturated rings. The Kier molecular flexibility index (Phi) is 13.2. The summed E-state index contributed by atoms with van der Waals surface area (Å²) in [6, 6.07) is 0.309. The Balaban J connectivity index is 0.724. The highest BCUT2D eigenvalue weighted by molar-refractivity contribution is 5.98. The maximum atomic E-state index is 12.7. The molecule has 56 heavy (non-hydrogen) atoms. The fraction of sp³-hybridized carbons (Fsp3) is 0.902. The SMILES string of the molecule is CN1CCN([C@@H]2CCCN(C3CNC(C(N)=O)C(NC4CCC(C5CCN(CC6CCN(C7CCC([C@@H]8CCC(=O)NC8=O)CN7)CC6)CC5)CC4)N3)C2)C1=O. The molecule has 0 aromatic heterocycles. The van der Waals surface area contributed by atoms with Gasteiger partial charge in [0.25, 0.3) is 0 Å². The van der Waals surface area contributed by atoms with Gasteiger partial charge in [-0.2, -0.15) is 0 Å². The number of hydrogen-bond donors (Lipinski definition) is 6. The van der Waals surface area contributed by atoms with Crippen molar-refractivity contribution in [3.05, 3.63) is 0 Å². The number of hydrogen-bond acceptors (Lipinski definition) is 11. The van der Waals surface area contributed by atoms with Crippen LogP contribution in [0.1, 0.15) is 89.9 Å².